The van der Waals surface area contributed by atoms with Gasteiger partial charge >= 0.3 is 6.18 Å². The quantitative estimate of drug-likeness (QED) is 0.391. The van der Waals surface area contributed by atoms with E-state index in [1.54, 1.807) is 0 Å². The van der Waals surface area contributed by atoms with Crippen LogP contribution in [0.3, 0.4) is 0 Å². The van der Waals surface area contributed by atoms with Crippen molar-refractivity contribution in [3.8, 4) is 5.75 Å². The molecule has 0 spiro atoms. The Labute approximate surface area is 217 Å². The maximum Gasteiger partial charge on any atom is 0.416 e. The van der Waals surface area contributed by atoms with E-state index in [1.165, 1.54) is 12.1 Å². The molecule has 0 amide bonds. The third-order valence-corrected chi connectivity index (χ3v) is 8.78. The summed E-state index contributed by atoms with van der Waals surface area (Å²) in [7, 11) is -7.97. The van der Waals surface area contributed by atoms with Gasteiger partial charge in [0.2, 0.25) is 10.0 Å². The van der Waals surface area contributed by atoms with Crippen LogP contribution in [0.4, 0.5) is 22.0 Å². The Balaban J connectivity index is 1.85. The molecule has 0 saturated heterocycles. The van der Waals surface area contributed by atoms with Crippen molar-refractivity contribution >= 4 is 20.1 Å². The number of ether oxygens (including phenoxy) is 1. The Morgan fingerprint density at radius 3 is 2.26 bits per heavy atom. The number of halogens is 5. The lowest BCUT2D eigenvalue weighted by molar-refractivity contribution is -0.137. The summed E-state index contributed by atoms with van der Waals surface area (Å²) in [6, 6.07) is 6.10. The molecule has 7 nitrogen and oxygen atoms in total. The third-order valence-electron chi connectivity index (χ3n) is 7.38. The number of sulfonamides is 1. The first kappa shape index (κ1) is 28.7. The van der Waals surface area contributed by atoms with Crippen LogP contribution in [0.1, 0.15) is 36.0 Å². The van der Waals surface area contributed by atoms with Crippen molar-refractivity contribution in [3.05, 3.63) is 64.7 Å². The van der Waals surface area contributed by atoms with Crippen molar-refractivity contribution in [2.45, 2.75) is 43.4 Å². The van der Waals surface area contributed by atoms with Gasteiger partial charge in [-0.2, -0.15) is 21.6 Å². The highest BCUT2D eigenvalue weighted by Crippen LogP contribution is 2.56. The predicted octanol–water partition coefficient (Wildman–Crippen LogP) is 3.91. The molecule has 2 aromatic carbocycles. The SMILES string of the molecule is CS(=O)(=O)O[C@H]1CC[C@@]2(Cc3ccc(C(F)(F)F)cc3)c3c(F)ccc(F)c3OC[C@H]2[C@@H]1CCS(N)(=O)=O. The van der Waals surface area contributed by atoms with E-state index in [-0.39, 0.29) is 43.6 Å². The molecule has 0 bridgehead atoms. The summed E-state index contributed by atoms with van der Waals surface area (Å²) in [5.74, 6) is -4.11. The van der Waals surface area contributed by atoms with Gasteiger partial charge in [0.15, 0.2) is 11.6 Å². The minimum atomic E-state index is -4.57. The first-order valence-corrected chi connectivity index (χ1v) is 15.2. The molecule has 2 aliphatic rings. The van der Waals surface area contributed by atoms with Crippen LogP contribution in [0.25, 0.3) is 0 Å². The van der Waals surface area contributed by atoms with E-state index in [0.29, 0.717) is 5.56 Å². The van der Waals surface area contributed by atoms with Crippen molar-refractivity contribution in [1.29, 1.82) is 0 Å². The second-order valence-corrected chi connectivity index (χ2v) is 13.2. The first-order valence-electron chi connectivity index (χ1n) is 11.7. The van der Waals surface area contributed by atoms with E-state index in [2.05, 4.69) is 0 Å². The fourth-order valence-electron chi connectivity index (χ4n) is 5.89. The van der Waals surface area contributed by atoms with Gasteiger partial charge in [0.05, 0.1) is 30.3 Å². The normalized spacial score (nSPS) is 25.8. The zero-order valence-electron chi connectivity index (χ0n) is 20.2. The molecule has 1 aliphatic heterocycles. The zero-order chi connectivity index (χ0) is 28.1. The van der Waals surface area contributed by atoms with Gasteiger partial charge in [0, 0.05) is 16.9 Å². The molecule has 2 N–H and O–H groups in total. The average molecular weight is 584 g/mol. The van der Waals surface area contributed by atoms with Crippen molar-refractivity contribution in [3.63, 3.8) is 0 Å². The summed E-state index contributed by atoms with van der Waals surface area (Å²) in [6.07, 6.45) is -4.83. The van der Waals surface area contributed by atoms with Crippen LogP contribution in [0.15, 0.2) is 36.4 Å². The van der Waals surface area contributed by atoms with Crippen LogP contribution >= 0.6 is 0 Å². The first-order chi connectivity index (χ1) is 17.5. The van der Waals surface area contributed by atoms with E-state index in [4.69, 9.17) is 14.1 Å². The van der Waals surface area contributed by atoms with Gasteiger partial charge < -0.3 is 4.74 Å². The van der Waals surface area contributed by atoms with Gasteiger partial charge in [0.1, 0.15) is 5.82 Å². The smallest absolute Gasteiger partial charge is 0.416 e. The van der Waals surface area contributed by atoms with Crippen LogP contribution < -0.4 is 9.88 Å². The second kappa shape index (κ2) is 10.0. The summed E-state index contributed by atoms with van der Waals surface area (Å²) in [6.45, 7) is -0.229. The molecule has 4 atom stereocenters. The van der Waals surface area contributed by atoms with E-state index >= 15 is 4.39 Å². The Kier molecular flexibility index (Phi) is 7.58. The Bertz CT molecular complexity index is 1410. The number of alkyl halides is 3. The van der Waals surface area contributed by atoms with Crippen molar-refractivity contribution in [2.24, 2.45) is 17.0 Å². The van der Waals surface area contributed by atoms with Gasteiger partial charge in [-0.25, -0.2) is 22.3 Å². The molecular formula is C24H26F5NO6S2. The molecule has 14 heteroatoms. The van der Waals surface area contributed by atoms with Gasteiger partial charge in [0.25, 0.3) is 10.1 Å². The number of hydrogen-bond acceptors (Lipinski definition) is 6. The Hall–Kier alpha value is -2.29. The van der Waals surface area contributed by atoms with Crippen molar-refractivity contribution in [2.75, 3.05) is 18.6 Å². The highest BCUT2D eigenvalue weighted by Gasteiger charge is 2.56. The zero-order valence-corrected chi connectivity index (χ0v) is 21.8. The molecule has 0 unspecified atom stereocenters. The van der Waals surface area contributed by atoms with E-state index < -0.39 is 72.6 Å². The number of nitrogens with two attached hydrogens (primary N) is 1. The number of rotatable bonds is 7. The lowest BCUT2D eigenvalue weighted by Crippen LogP contribution is -2.55. The standard InChI is InChI=1S/C24H26F5NO6S2/c1-37(31,32)36-20-8-10-23(12-14-2-4-15(5-3-14)24(27,28)29)17(16(20)9-11-38(30,33)34)13-35-22-19(26)7-6-18(25)21(22)23/h2-7,16-17,20H,8-13H2,1H3,(H2,30,33,34)/t16-,17-,20-,23-/m0/s1. The van der Waals surface area contributed by atoms with Crippen molar-refractivity contribution < 1.29 is 47.7 Å². The molecule has 0 aromatic heterocycles. The minimum absolute atomic E-state index is 0.0227. The predicted molar refractivity (Wildman–Crippen MR) is 127 cm³/mol. The number of primary sulfonamides is 1. The van der Waals surface area contributed by atoms with Crippen LogP contribution in [0.2, 0.25) is 0 Å². The number of hydrogen-bond donors (Lipinski definition) is 1. The molecule has 1 heterocycles. The molecule has 1 aliphatic carbocycles. The maximum absolute atomic E-state index is 15.4. The van der Waals surface area contributed by atoms with Crippen LogP contribution in [-0.4, -0.2) is 41.6 Å². The number of benzene rings is 2. The van der Waals surface area contributed by atoms with Gasteiger partial charge in [-0.15, -0.1) is 0 Å². The average Bonchev–Trinajstić information content (AvgIpc) is 2.78. The monoisotopic (exact) mass is 583 g/mol. The van der Waals surface area contributed by atoms with Gasteiger partial charge in [-0.3, -0.25) is 4.18 Å². The summed E-state index contributed by atoms with van der Waals surface area (Å²) in [5, 5.41) is 5.20. The van der Waals surface area contributed by atoms with Crippen LogP contribution in [-0.2, 0) is 42.3 Å². The summed E-state index contributed by atoms with van der Waals surface area (Å²) in [5.41, 5.74) is -1.87. The Morgan fingerprint density at radius 2 is 1.68 bits per heavy atom. The minimum Gasteiger partial charge on any atom is -0.490 e. The Morgan fingerprint density at radius 1 is 1.05 bits per heavy atom. The lowest BCUT2D eigenvalue weighted by Gasteiger charge is -2.53. The molecule has 1 fully saturated rings. The fourth-order valence-corrected chi connectivity index (χ4v) is 7.18. The van der Waals surface area contributed by atoms with Crippen molar-refractivity contribution in [1.82, 2.24) is 0 Å². The van der Waals surface area contributed by atoms with Crippen LogP contribution in [0, 0.1) is 23.5 Å². The highest BCUT2D eigenvalue weighted by atomic mass is 32.2. The lowest BCUT2D eigenvalue weighted by atomic mass is 9.54. The second-order valence-electron chi connectivity index (χ2n) is 9.88. The third kappa shape index (κ3) is 5.97. The van der Waals surface area contributed by atoms with Gasteiger partial charge in [-0.05, 0) is 61.4 Å². The molecule has 38 heavy (non-hydrogen) atoms. The summed E-state index contributed by atoms with van der Waals surface area (Å²) >= 11 is 0. The van der Waals surface area contributed by atoms with E-state index in [9.17, 15) is 34.4 Å². The summed E-state index contributed by atoms with van der Waals surface area (Å²) < 4.78 is 128. The molecule has 0 radical (unpaired) electrons. The molecule has 2 aromatic rings. The molecular weight excluding hydrogens is 557 g/mol. The maximum atomic E-state index is 15.4. The highest BCUT2D eigenvalue weighted by molar-refractivity contribution is 7.89. The topological polar surface area (TPSA) is 113 Å². The molecule has 1 saturated carbocycles. The van der Waals surface area contributed by atoms with Gasteiger partial charge in [-0.1, -0.05) is 12.1 Å². The number of fused-ring (bicyclic) bond motifs is 3. The fraction of sp³-hybridized carbons (Fsp3) is 0.500. The molecule has 210 valence electrons. The van der Waals surface area contributed by atoms with E-state index in [0.717, 1.165) is 30.5 Å². The summed E-state index contributed by atoms with van der Waals surface area (Å²) in [4.78, 5) is 0. The van der Waals surface area contributed by atoms with E-state index in [1.807, 2.05) is 0 Å². The van der Waals surface area contributed by atoms with Crippen LogP contribution in [0.5, 0.6) is 5.75 Å². The molecule has 4 rings (SSSR count). The largest absolute Gasteiger partial charge is 0.490 e.